The van der Waals surface area contributed by atoms with Crippen molar-refractivity contribution in [1.82, 2.24) is 19.9 Å². The highest BCUT2D eigenvalue weighted by Gasteiger charge is 2.18. The van der Waals surface area contributed by atoms with Gasteiger partial charge in [0.1, 0.15) is 17.5 Å². The van der Waals surface area contributed by atoms with Gasteiger partial charge in [0.15, 0.2) is 11.6 Å². The lowest BCUT2D eigenvalue weighted by molar-refractivity contribution is 0.0257. The molecular weight excluding hydrogens is 416 g/mol. The Morgan fingerprint density at radius 2 is 1.91 bits per heavy atom. The van der Waals surface area contributed by atoms with Crippen LogP contribution in [0.2, 0.25) is 0 Å². The molecule has 4 rings (SSSR count). The van der Waals surface area contributed by atoms with E-state index in [4.69, 9.17) is 19.9 Å². The lowest BCUT2D eigenvalue weighted by Crippen LogP contribution is -2.26. The molecule has 4 heterocycles. The van der Waals surface area contributed by atoms with Crippen molar-refractivity contribution in [2.45, 2.75) is 18.9 Å². The Hall–Kier alpha value is -3.99. The molecule has 3 aromatic heterocycles. The first-order valence-corrected chi connectivity index (χ1v) is 9.93. The van der Waals surface area contributed by atoms with Gasteiger partial charge in [0, 0.05) is 19.0 Å². The fourth-order valence-corrected chi connectivity index (χ4v) is 3.18. The Labute approximate surface area is 183 Å². The molecule has 0 saturated carbocycles. The van der Waals surface area contributed by atoms with Crippen LogP contribution in [0.5, 0.6) is 11.6 Å². The Kier molecular flexibility index (Phi) is 6.26. The summed E-state index contributed by atoms with van der Waals surface area (Å²) in [6.07, 6.45) is 3.26. The number of rotatable bonds is 7. The van der Waals surface area contributed by atoms with Crippen molar-refractivity contribution in [3.8, 4) is 23.0 Å². The molecule has 11 heteroatoms. The summed E-state index contributed by atoms with van der Waals surface area (Å²) in [6, 6.07) is 8.15. The van der Waals surface area contributed by atoms with Crippen molar-refractivity contribution in [2.75, 3.05) is 31.4 Å². The van der Waals surface area contributed by atoms with E-state index >= 15 is 0 Å². The lowest BCUT2D eigenvalue weighted by atomic mass is 10.1. The van der Waals surface area contributed by atoms with Crippen LogP contribution in [0.25, 0.3) is 11.4 Å². The maximum absolute atomic E-state index is 11.2. The molecule has 0 spiro atoms. The predicted octanol–water partition coefficient (Wildman–Crippen LogP) is 2.52. The van der Waals surface area contributed by atoms with Crippen LogP contribution in [0.15, 0.2) is 36.5 Å². The molecule has 0 aromatic carbocycles. The summed E-state index contributed by atoms with van der Waals surface area (Å²) < 4.78 is 16.3. The van der Waals surface area contributed by atoms with E-state index in [2.05, 4.69) is 25.3 Å². The topological polar surface area (TPSA) is 155 Å². The normalized spacial score (nSPS) is 14.0. The fraction of sp³-hybridized carbons (Fsp3) is 0.286. The summed E-state index contributed by atoms with van der Waals surface area (Å²) in [6.45, 7) is 1.35. The highest BCUT2D eigenvalue weighted by molar-refractivity contribution is 5.90. The van der Waals surface area contributed by atoms with E-state index in [-0.39, 0.29) is 29.3 Å². The fourth-order valence-electron chi connectivity index (χ4n) is 3.18. The SMILES string of the molecule is COc1nc(Nc2nccc(-c3ccc(OC4CCOCC4)c(N)n3)n2)ccc1C(=O)O. The van der Waals surface area contributed by atoms with E-state index in [1.54, 1.807) is 24.4 Å². The van der Waals surface area contributed by atoms with Crippen molar-refractivity contribution in [1.29, 1.82) is 0 Å². The Morgan fingerprint density at radius 1 is 1.12 bits per heavy atom. The number of pyridine rings is 2. The summed E-state index contributed by atoms with van der Waals surface area (Å²) in [7, 11) is 1.35. The van der Waals surface area contributed by atoms with Gasteiger partial charge < -0.3 is 30.4 Å². The van der Waals surface area contributed by atoms with Crippen molar-refractivity contribution in [3.05, 3.63) is 42.1 Å². The summed E-state index contributed by atoms with van der Waals surface area (Å²) in [5.41, 5.74) is 7.16. The number of aromatic nitrogens is 4. The number of hydrogen-bond acceptors (Lipinski definition) is 10. The van der Waals surface area contributed by atoms with Gasteiger partial charge in [-0.15, -0.1) is 0 Å². The minimum atomic E-state index is -1.13. The van der Waals surface area contributed by atoms with Crippen LogP contribution >= 0.6 is 0 Å². The molecule has 1 fully saturated rings. The van der Waals surface area contributed by atoms with Gasteiger partial charge in [-0.25, -0.2) is 19.7 Å². The second-order valence-corrected chi connectivity index (χ2v) is 6.96. The number of carboxylic acid groups (broad SMARTS) is 1. The second kappa shape index (κ2) is 9.43. The van der Waals surface area contributed by atoms with Crippen LogP contribution in [0, 0.1) is 0 Å². The summed E-state index contributed by atoms with van der Waals surface area (Å²) in [4.78, 5) is 28.4. The second-order valence-electron chi connectivity index (χ2n) is 6.96. The number of carboxylic acids is 1. The molecule has 1 aliphatic rings. The molecule has 0 unspecified atom stereocenters. The quantitative estimate of drug-likeness (QED) is 0.498. The third-order valence-corrected chi connectivity index (χ3v) is 4.79. The van der Waals surface area contributed by atoms with Crippen LogP contribution in [0.1, 0.15) is 23.2 Å². The van der Waals surface area contributed by atoms with Crippen LogP contribution in [-0.2, 0) is 4.74 Å². The largest absolute Gasteiger partial charge is 0.486 e. The number of ether oxygens (including phenoxy) is 3. The third kappa shape index (κ3) is 4.83. The number of aromatic carboxylic acids is 1. The van der Waals surface area contributed by atoms with Crippen molar-refractivity contribution >= 4 is 23.6 Å². The summed E-state index contributed by atoms with van der Waals surface area (Å²) in [5, 5.41) is 12.1. The number of methoxy groups -OCH3 is 1. The maximum atomic E-state index is 11.2. The van der Waals surface area contributed by atoms with Gasteiger partial charge in [0.2, 0.25) is 11.8 Å². The van der Waals surface area contributed by atoms with Crippen LogP contribution in [-0.4, -0.2) is 57.4 Å². The van der Waals surface area contributed by atoms with E-state index in [0.717, 1.165) is 12.8 Å². The first kappa shape index (κ1) is 21.2. The average molecular weight is 438 g/mol. The minimum absolute atomic E-state index is 0.0202. The van der Waals surface area contributed by atoms with Gasteiger partial charge in [-0.1, -0.05) is 0 Å². The number of carbonyl (C=O) groups is 1. The zero-order valence-corrected chi connectivity index (χ0v) is 17.3. The number of nitrogen functional groups attached to an aromatic ring is 1. The number of nitrogens with two attached hydrogens (primary N) is 1. The van der Waals surface area contributed by atoms with Gasteiger partial charge in [0.05, 0.1) is 31.7 Å². The predicted molar refractivity (Wildman–Crippen MR) is 115 cm³/mol. The highest BCUT2D eigenvalue weighted by Crippen LogP contribution is 2.27. The zero-order chi connectivity index (χ0) is 22.5. The van der Waals surface area contributed by atoms with E-state index in [0.29, 0.717) is 36.2 Å². The number of hydrogen-bond donors (Lipinski definition) is 3. The Balaban J connectivity index is 1.51. The molecule has 4 N–H and O–H groups in total. The van der Waals surface area contributed by atoms with E-state index in [1.165, 1.54) is 19.2 Å². The molecule has 1 saturated heterocycles. The molecule has 0 amide bonds. The van der Waals surface area contributed by atoms with E-state index in [1.807, 2.05) is 0 Å². The third-order valence-electron chi connectivity index (χ3n) is 4.79. The molecular formula is C21H22N6O5. The molecule has 0 radical (unpaired) electrons. The van der Waals surface area contributed by atoms with Crippen molar-refractivity contribution < 1.29 is 24.1 Å². The summed E-state index contributed by atoms with van der Waals surface area (Å²) >= 11 is 0. The molecule has 1 aliphatic heterocycles. The smallest absolute Gasteiger partial charge is 0.341 e. The monoisotopic (exact) mass is 438 g/mol. The van der Waals surface area contributed by atoms with E-state index < -0.39 is 5.97 Å². The Bertz CT molecular complexity index is 1120. The minimum Gasteiger partial charge on any atom is -0.486 e. The van der Waals surface area contributed by atoms with Crippen LogP contribution in [0.3, 0.4) is 0 Å². The molecule has 0 atom stereocenters. The van der Waals surface area contributed by atoms with Crippen molar-refractivity contribution in [3.63, 3.8) is 0 Å². The molecule has 32 heavy (non-hydrogen) atoms. The lowest BCUT2D eigenvalue weighted by Gasteiger charge is -2.23. The van der Waals surface area contributed by atoms with Gasteiger partial charge in [-0.05, 0) is 30.3 Å². The standard InChI is InChI=1S/C21H22N6O5/c1-30-19-13(20(28)29)2-5-17(26-19)27-21-23-9-6-15(25-21)14-3-4-16(18(22)24-14)32-12-7-10-31-11-8-12/h2-6,9,12H,7-8,10-11H2,1H3,(H2,22,24)(H,28,29)(H,23,25,26,27). The summed E-state index contributed by atoms with van der Waals surface area (Å²) in [5.74, 6) is 0.237. The molecule has 11 nitrogen and oxygen atoms in total. The zero-order valence-electron chi connectivity index (χ0n) is 17.3. The van der Waals surface area contributed by atoms with Crippen molar-refractivity contribution in [2.24, 2.45) is 0 Å². The van der Waals surface area contributed by atoms with Crippen LogP contribution in [0.4, 0.5) is 17.6 Å². The highest BCUT2D eigenvalue weighted by atomic mass is 16.5. The van der Waals surface area contributed by atoms with Gasteiger partial charge in [0.25, 0.3) is 0 Å². The van der Waals surface area contributed by atoms with E-state index in [9.17, 15) is 9.90 Å². The maximum Gasteiger partial charge on any atom is 0.341 e. The van der Waals surface area contributed by atoms with Gasteiger partial charge in [-0.2, -0.15) is 4.98 Å². The van der Waals surface area contributed by atoms with Crippen LogP contribution < -0.4 is 20.5 Å². The average Bonchev–Trinajstić information content (AvgIpc) is 2.81. The Morgan fingerprint density at radius 3 is 2.62 bits per heavy atom. The molecule has 0 aliphatic carbocycles. The van der Waals surface area contributed by atoms with Gasteiger partial charge >= 0.3 is 5.97 Å². The molecule has 166 valence electrons. The number of nitrogens with one attached hydrogen (secondary N) is 1. The number of nitrogens with zero attached hydrogens (tertiary/aromatic N) is 4. The first-order chi connectivity index (χ1) is 15.5. The molecule has 0 bridgehead atoms. The molecule has 3 aromatic rings. The number of anilines is 3. The first-order valence-electron chi connectivity index (χ1n) is 9.93. The van der Waals surface area contributed by atoms with Gasteiger partial charge in [-0.3, -0.25) is 0 Å².